The average Bonchev–Trinajstić information content (AvgIpc) is 3.63. The summed E-state index contributed by atoms with van der Waals surface area (Å²) in [5, 5.41) is 11.9. The lowest BCUT2D eigenvalue weighted by Gasteiger charge is -2.36. The molecule has 36 heavy (non-hydrogen) atoms. The molecule has 3 fully saturated rings. The summed E-state index contributed by atoms with van der Waals surface area (Å²) >= 11 is 0. The van der Waals surface area contributed by atoms with Crippen LogP contribution in [0.15, 0.2) is 66.9 Å². The van der Waals surface area contributed by atoms with E-state index in [0.29, 0.717) is 23.6 Å². The van der Waals surface area contributed by atoms with Crippen molar-refractivity contribution in [3.63, 3.8) is 0 Å². The molecule has 2 N–H and O–H groups in total. The van der Waals surface area contributed by atoms with Crippen LogP contribution in [0.1, 0.15) is 47.8 Å². The number of carbonyl (C=O) groups is 1. The molecule has 2 aromatic heterocycles. The first-order chi connectivity index (χ1) is 17.7. The van der Waals surface area contributed by atoms with Crippen LogP contribution >= 0.6 is 0 Å². The maximum Gasteiger partial charge on any atom is 0.251 e. The number of benzene rings is 2. The van der Waals surface area contributed by atoms with Crippen LogP contribution in [-0.2, 0) is 4.74 Å². The van der Waals surface area contributed by atoms with Crippen LogP contribution in [0.3, 0.4) is 0 Å². The van der Waals surface area contributed by atoms with E-state index in [2.05, 4.69) is 49.7 Å². The Hall–Kier alpha value is -3.71. The van der Waals surface area contributed by atoms with Crippen molar-refractivity contribution in [2.45, 2.75) is 43.8 Å². The van der Waals surface area contributed by atoms with Gasteiger partial charge >= 0.3 is 0 Å². The summed E-state index contributed by atoms with van der Waals surface area (Å²) in [6, 6.07) is 21.2. The number of nitrogens with zero attached hydrogens (tertiary/aromatic N) is 3. The van der Waals surface area contributed by atoms with Gasteiger partial charge in [0, 0.05) is 28.4 Å². The number of H-pyrrole nitrogens is 1. The molecule has 0 spiro atoms. The highest BCUT2D eigenvalue weighted by molar-refractivity contribution is 6.01. The van der Waals surface area contributed by atoms with Crippen molar-refractivity contribution in [2.75, 3.05) is 18.1 Å². The zero-order chi connectivity index (χ0) is 24.1. The van der Waals surface area contributed by atoms with Crippen molar-refractivity contribution in [2.24, 2.45) is 5.92 Å². The summed E-state index contributed by atoms with van der Waals surface area (Å²) in [5.41, 5.74) is 5.61. The lowest BCUT2D eigenvalue weighted by atomic mass is 10.0. The van der Waals surface area contributed by atoms with E-state index >= 15 is 0 Å². The second kappa shape index (κ2) is 8.75. The first-order valence-electron chi connectivity index (χ1n) is 12.9. The molecule has 2 aliphatic heterocycles. The summed E-state index contributed by atoms with van der Waals surface area (Å²) in [7, 11) is 0. The Labute approximate surface area is 209 Å². The summed E-state index contributed by atoms with van der Waals surface area (Å²) in [4.78, 5) is 20.3. The number of fused-ring (bicyclic) bond motifs is 3. The molecule has 3 atom stereocenters. The van der Waals surface area contributed by atoms with Crippen LogP contribution in [-0.4, -0.2) is 46.4 Å². The summed E-state index contributed by atoms with van der Waals surface area (Å²) in [6.45, 7) is 1.63. The molecule has 1 amide bonds. The van der Waals surface area contributed by atoms with Crippen LogP contribution in [0.4, 0.5) is 5.69 Å². The molecular formula is C29H29N5O2. The largest absolute Gasteiger partial charge is 0.377 e. The van der Waals surface area contributed by atoms with Gasteiger partial charge in [-0.25, -0.2) is 0 Å². The Balaban J connectivity index is 1.15. The fraction of sp³-hybridized carbons (Fsp3) is 0.345. The third kappa shape index (κ3) is 3.84. The molecule has 4 heterocycles. The smallest absolute Gasteiger partial charge is 0.251 e. The zero-order valence-corrected chi connectivity index (χ0v) is 20.1. The highest BCUT2D eigenvalue weighted by Crippen LogP contribution is 2.40. The van der Waals surface area contributed by atoms with Gasteiger partial charge in [0.05, 0.1) is 48.2 Å². The molecule has 2 aromatic carbocycles. The molecule has 7 heteroatoms. The minimum atomic E-state index is -0.0789. The maximum atomic E-state index is 13.3. The van der Waals surface area contributed by atoms with Crippen molar-refractivity contribution >= 4 is 22.5 Å². The molecule has 1 aliphatic carbocycles. The van der Waals surface area contributed by atoms with Gasteiger partial charge in [0.25, 0.3) is 5.91 Å². The van der Waals surface area contributed by atoms with E-state index in [0.717, 1.165) is 53.9 Å². The van der Waals surface area contributed by atoms with E-state index in [-0.39, 0.29) is 11.9 Å². The van der Waals surface area contributed by atoms with E-state index in [1.54, 1.807) is 6.20 Å². The van der Waals surface area contributed by atoms with Crippen LogP contribution in [0, 0.1) is 5.92 Å². The molecular weight excluding hydrogens is 450 g/mol. The maximum absolute atomic E-state index is 13.3. The second-order valence-corrected chi connectivity index (χ2v) is 10.3. The van der Waals surface area contributed by atoms with Crippen LogP contribution in [0.25, 0.3) is 22.2 Å². The van der Waals surface area contributed by atoms with Gasteiger partial charge in [-0.2, -0.15) is 5.10 Å². The number of ether oxygens (including phenoxy) is 1. The number of amides is 1. The van der Waals surface area contributed by atoms with Gasteiger partial charge in [-0.05, 0) is 74.1 Å². The number of hydrogen-bond acceptors (Lipinski definition) is 5. The minimum Gasteiger partial charge on any atom is -0.377 e. The summed E-state index contributed by atoms with van der Waals surface area (Å²) in [5.74, 6) is 0.377. The van der Waals surface area contributed by atoms with E-state index < -0.39 is 0 Å². The van der Waals surface area contributed by atoms with E-state index in [1.165, 1.54) is 18.5 Å². The number of carbonyl (C=O) groups excluding carboxylic acids is 1. The molecule has 2 bridgehead atoms. The standard InChI is InChI=1S/C29H29N5O2/c35-29(31-28(19-4-5-19)26-3-1-2-14-30-26)20-8-13-25-24(15-20)27(33-32-25)18-6-9-21(10-7-18)34-22-11-12-23(34)17-36-16-22/h1-3,6-10,13-15,19,22-23,28H,4-5,11-12,16-17H2,(H,31,35)(H,32,33)/t22-,23+,28-/m1/s1. The Morgan fingerprint density at radius 1 is 1.00 bits per heavy atom. The first kappa shape index (κ1) is 21.6. The van der Waals surface area contributed by atoms with Gasteiger partial charge < -0.3 is 15.0 Å². The number of hydrogen-bond donors (Lipinski definition) is 2. The first-order valence-corrected chi connectivity index (χ1v) is 12.9. The fourth-order valence-corrected chi connectivity index (χ4v) is 5.86. The third-order valence-corrected chi connectivity index (χ3v) is 7.89. The van der Waals surface area contributed by atoms with Gasteiger partial charge in [-0.15, -0.1) is 0 Å². The second-order valence-electron chi connectivity index (χ2n) is 10.3. The van der Waals surface area contributed by atoms with Crippen molar-refractivity contribution in [1.82, 2.24) is 20.5 Å². The molecule has 4 aromatic rings. The molecule has 2 saturated heterocycles. The SMILES string of the molecule is O=C(N[C@@H](c1ccccn1)C1CC1)c1ccc2[nH]nc(-c3ccc(N4[C@@H]5CC[C@H]4COC5)cc3)c2c1. The Bertz CT molecular complexity index is 1380. The molecule has 3 aliphatic rings. The van der Waals surface area contributed by atoms with Gasteiger partial charge in [0.2, 0.25) is 0 Å². The number of aromatic amines is 1. The van der Waals surface area contributed by atoms with Crippen LogP contribution in [0.2, 0.25) is 0 Å². The molecule has 0 unspecified atom stereocenters. The van der Waals surface area contributed by atoms with Crippen molar-refractivity contribution in [3.8, 4) is 11.3 Å². The number of pyridine rings is 1. The Kier molecular flexibility index (Phi) is 5.24. The monoisotopic (exact) mass is 479 g/mol. The van der Waals surface area contributed by atoms with Crippen molar-refractivity contribution < 1.29 is 9.53 Å². The van der Waals surface area contributed by atoms with Crippen molar-refractivity contribution in [1.29, 1.82) is 0 Å². The predicted octanol–water partition coefficient (Wildman–Crippen LogP) is 4.87. The van der Waals surface area contributed by atoms with Crippen molar-refractivity contribution in [3.05, 3.63) is 78.1 Å². The van der Waals surface area contributed by atoms with Gasteiger partial charge in [0.15, 0.2) is 0 Å². The van der Waals surface area contributed by atoms with Gasteiger partial charge in [-0.1, -0.05) is 18.2 Å². The quantitative estimate of drug-likeness (QED) is 0.412. The molecule has 7 rings (SSSR count). The fourth-order valence-electron chi connectivity index (χ4n) is 5.86. The third-order valence-electron chi connectivity index (χ3n) is 7.89. The molecule has 1 saturated carbocycles. The lowest BCUT2D eigenvalue weighted by Crippen LogP contribution is -2.45. The number of anilines is 1. The predicted molar refractivity (Wildman–Crippen MR) is 139 cm³/mol. The molecule has 7 nitrogen and oxygen atoms in total. The molecule has 0 radical (unpaired) electrons. The van der Waals surface area contributed by atoms with E-state index in [4.69, 9.17) is 4.74 Å². The van der Waals surface area contributed by atoms with Crippen LogP contribution in [0.5, 0.6) is 0 Å². The minimum absolute atomic E-state index is 0.0544. The normalized spacial score (nSPS) is 22.1. The zero-order valence-electron chi connectivity index (χ0n) is 20.1. The highest BCUT2D eigenvalue weighted by Gasteiger charge is 2.37. The van der Waals surface area contributed by atoms with E-state index in [9.17, 15) is 4.79 Å². The topological polar surface area (TPSA) is 83.1 Å². The lowest BCUT2D eigenvalue weighted by molar-refractivity contribution is 0.0906. The Morgan fingerprint density at radius 3 is 2.53 bits per heavy atom. The number of aromatic nitrogens is 3. The average molecular weight is 480 g/mol. The number of morpholine rings is 1. The number of rotatable bonds is 6. The summed E-state index contributed by atoms with van der Waals surface area (Å²) in [6.07, 6.45) is 6.42. The van der Waals surface area contributed by atoms with Crippen LogP contribution < -0.4 is 10.2 Å². The summed E-state index contributed by atoms with van der Waals surface area (Å²) < 4.78 is 5.74. The number of nitrogens with one attached hydrogen (secondary N) is 2. The van der Waals surface area contributed by atoms with Gasteiger partial charge in [-0.3, -0.25) is 14.9 Å². The van der Waals surface area contributed by atoms with E-state index in [1.807, 2.05) is 36.4 Å². The Morgan fingerprint density at radius 2 is 1.81 bits per heavy atom. The highest BCUT2D eigenvalue weighted by atomic mass is 16.5. The van der Waals surface area contributed by atoms with Gasteiger partial charge in [0.1, 0.15) is 0 Å². The molecule has 182 valence electrons.